The van der Waals surface area contributed by atoms with Gasteiger partial charge in [0, 0.05) is 33.3 Å². The standard InChI is InChI=1S/C23H24ClNO3/c1-12-7-8-17(10-20(12)24)25-21(26)9-13(2)18-11-19-14(3)16(5)28-23(19)15(4)22(18)27-6/h7-11H,1-6H3,(H,25,26)/b13-9+. The molecule has 0 saturated heterocycles. The Bertz CT molecular complexity index is 1110. The summed E-state index contributed by atoms with van der Waals surface area (Å²) in [6.45, 7) is 9.76. The van der Waals surface area contributed by atoms with Gasteiger partial charge < -0.3 is 14.5 Å². The molecule has 0 aliphatic carbocycles. The van der Waals surface area contributed by atoms with E-state index in [1.807, 2.05) is 52.8 Å². The van der Waals surface area contributed by atoms with Crippen molar-refractivity contribution in [2.75, 3.05) is 12.4 Å². The molecule has 1 heterocycles. The van der Waals surface area contributed by atoms with E-state index in [9.17, 15) is 4.79 Å². The van der Waals surface area contributed by atoms with Gasteiger partial charge in [-0.2, -0.15) is 0 Å². The number of hydrogen-bond acceptors (Lipinski definition) is 3. The molecule has 0 spiro atoms. The third-order valence-corrected chi connectivity index (χ3v) is 5.47. The second-order valence-electron chi connectivity index (χ2n) is 7.02. The van der Waals surface area contributed by atoms with Crippen LogP contribution >= 0.6 is 11.6 Å². The molecule has 0 fully saturated rings. The van der Waals surface area contributed by atoms with Gasteiger partial charge in [0.15, 0.2) is 0 Å². The Hall–Kier alpha value is -2.72. The molecule has 1 aromatic heterocycles. The van der Waals surface area contributed by atoms with Crippen molar-refractivity contribution >= 4 is 39.7 Å². The van der Waals surface area contributed by atoms with E-state index in [-0.39, 0.29) is 5.91 Å². The predicted molar refractivity (Wildman–Crippen MR) is 115 cm³/mol. The Balaban J connectivity index is 1.99. The van der Waals surface area contributed by atoms with E-state index in [2.05, 4.69) is 5.32 Å². The lowest BCUT2D eigenvalue weighted by molar-refractivity contribution is -0.111. The lowest BCUT2D eigenvalue weighted by Gasteiger charge is -2.13. The summed E-state index contributed by atoms with van der Waals surface area (Å²) in [7, 11) is 1.63. The van der Waals surface area contributed by atoms with Crippen molar-refractivity contribution in [2.45, 2.75) is 34.6 Å². The van der Waals surface area contributed by atoms with E-state index in [4.69, 9.17) is 20.8 Å². The van der Waals surface area contributed by atoms with Gasteiger partial charge in [-0.05, 0) is 69.5 Å². The average molecular weight is 398 g/mol. The van der Waals surface area contributed by atoms with E-state index in [0.717, 1.165) is 44.6 Å². The minimum atomic E-state index is -0.225. The van der Waals surface area contributed by atoms with Crippen molar-refractivity contribution in [1.82, 2.24) is 0 Å². The maximum atomic E-state index is 12.5. The Morgan fingerprint density at radius 2 is 1.86 bits per heavy atom. The van der Waals surface area contributed by atoms with E-state index in [1.54, 1.807) is 19.3 Å². The summed E-state index contributed by atoms with van der Waals surface area (Å²) in [6, 6.07) is 7.47. The SMILES string of the molecule is COc1c(/C(C)=C/C(=O)Nc2ccc(C)c(Cl)c2)cc2c(C)c(C)oc2c1C. The number of nitrogens with one attached hydrogen (secondary N) is 1. The van der Waals surface area contributed by atoms with Crippen LogP contribution in [0.4, 0.5) is 5.69 Å². The number of benzene rings is 2. The van der Waals surface area contributed by atoms with E-state index >= 15 is 0 Å². The lowest BCUT2D eigenvalue weighted by atomic mass is 9.98. The minimum absolute atomic E-state index is 0.225. The van der Waals surface area contributed by atoms with Crippen molar-refractivity contribution in [1.29, 1.82) is 0 Å². The Morgan fingerprint density at radius 3 is 2.50 bits per heavy atom. The Kier molecular flexibility index (Phi) is 5.52. The van der Waals surface area contributed by atoms with Crippen molar-refractivity contribution in [3.63, 3.8) is 0 Å². The molecule has 5 heteroatoms. The van der Waals surface area contributed by atoms with Crippen LogP contribution in [-0.4, -0.2) is 13.0 Å². The predicted octanol–water partition coefficient (Wildman–Crippen LogP) is 6.37. The normalized spacial score (nSPS) is 11.8. The summed E-state index contributed by atoms with van der Waals surface area (Å²) in [5, 5.41) is 4.51. The quantitative estimate of drug-likeness (QED) is 0.520. The molecule has 0 atom stereocenters. The van der Waals surface area contributed by atoms with Crippen molar-refractivity contribution in [2.24, 2.45) is 0 Å². The van der Waals surface area contributed by atoms with Crippen LogP contribution in [0.3, 0.4) is 0 Å². The van der Waals surface area contributed by atoms with Crippen LogP contribution in [0, 0.1) is 27.7 Å². The van der Waals surface area contributed by atoms with Gasteiger partial charge >= 0.3 is 0 Å². The van der Waals surface area contributed by atoms with Crippen LogP contribution in [0.2, 0.25) is 5.02 Å². The summed E-state index contributed by atoms with van der Waals surface area (Å²) in [6.07, 6.45) is 1.57. The van der Waals surface area contributed by atoms with Crippen molar-refractivity contribution < 1.29 is 13.9 Å². The van der Waals surface area contributed by atoms with Gasteiger partial charge in [0.05, 0.1) is 7.11 Å². The number of allylic oxidation sites excluding steroid dienone is 1. The molecule has 0 bridgehead atoms. The van der Waals surface area contributed by atoms with E-state index in [1.165, 1.54) is 0 Å². The van der Waals surface area contributed by atoms with Crippen molar-refractivity contribution in [3.8, 4) is 5.75 Å². The van der Waals surface area contributed by atoms with Gasteiger partial charge in [0.2, 0.25) is 5.91 Å². The number of aryl methyl sites for hydroxylation is 4. The first-order chi connectivity index (χ1) is 13.2. The number of methoxy groups -OCH3 is 1. The van der Waals surface area contributed by atoms with E-state index in [0.29, 0.717) is 16.5 Å². The Morgan fingerprint density at radius 1 is 1.14 bits per heavy atom. The zero-order valence-electron chi connectivity index (χ0n) is 17.0. The van der Waals surface area contributed by atoms with Crippen LogP contribution in [0.5, 0.6) is 5.75 Å². The topological polar surface area (TPSA) is 51.5 Å². The number of halogens is 1. The molecule has 2 aromatic carbocycles. The second kappa shape index (κ2) is 7.72. The maximum Gasteiger partial charge on any atom is 0.248 e. The zero-order valence-corrected chi connectivity index (χ0v) is 17.7. The number of amides is 1. The molecule has 3 rings (SSSR count). The summed E-state index contributed by atoms with van der Waals surface area (Å²) < 4.78 is 11.5. The van der Waals surface area contributed by atoms with Crippen LogP contribution < -0.4 is 10.1 Å². The number of carbonyl (C=O) groups is 1. The number of furan rings is 1. The van der Waals surface area contributed by atoms with Gasteiger partial charge in [0.1, 0.15) is 17.1 Å². The first-order valence-corrected chi connectivity index (χ1v) is 9.43. The van der Waals surface area contributed by atoms with Gasteiger partial charge in [-0.25, -0.2) is 0 Å². The third kappa shape index (κ3) is 3.65. The number of ether oxygens (including phenoxy) is 1. The lowest BCUT2D eigenvalue weighted by Crippen LogP contribution is -2.09. The van der Waals surface area contributed by atoms with Crippen LogP contribution in [0.1, 0.15) is 34.9 Å². The third-order valence-electron chi connectivity index (χ3n) is 5.06. The van der Waals surface area contributed by atoms with Crippen LogP contribution in [0.15, 0.2) is 34.8 Å². The largest absolute Gasteiger partial charge is 0.496 e. The molecule has 1 N–H and O–H groups in total. The highest BCUT2D eigenvalue weighted by Crippen LogP contribution is 2.38. The molecular formula is C23H24ClNO3. The summed E-state index contributed by atoms with van der Waals surface area (Å²) in [5.74, 6) is 1.37. The molecule has 0 unspecified atom stereocenters. The fourth-order valence-electron chi connectivity index (χ4n) is 3.29. The summed E-state index contributed by atoms with van der Waals surface area (Å²) in [4.78, 5) is 12.5. The Labute approximate surface area is 170 Å². The molecule has 28 heavy (non-hydrogen) atoms. The average Bonchev–Trinajstić information content (AvgIpc) is 2.93. The van der Waals surface area contributed by atoms with E-state index < -0.39 is 0 Å². The first-order valence-electron chi connectivity index (χ1n) is 9.06. The highest BCUT2D eigenvalue weighted by molar-refractivity contribution is 6.31. The molecule has 0 aliphatic rings. The maximum absolute atomic E-state index is 12.5. The first kappa shape index (κ1) is 20.0. The highest BCUT2D eigenvalue weighted by Gasteiger charge is 2.18. The molecule has 0 aliphatic heterocycles. The number of anilines is 1. The van der Waals surface area contributed by atoms with Gasteiger partial charge in [-0.3, -0.25) is 4.79 Å². The van der Waals surface area contributed by atoms with Gasteiger partial charge in [-0.1, -0.05) is 17.7 Å². The number of fused-ring (bicyclic) bond motifs is 1. The molecule has 0 radical (unpaired) electrons. The molecular weight excluding hydrogens is 374 g/mol. The molecule has 0 saturated carbocycles. The molecule has 4 nitrogen and oxygen atoms in total. The summed E-state index contributed by atoms with van der Waals surface area (Å²) >= 11 is 6.14. The van der Waals surface area contributed by atoms with Crippen molar-refractivity contribution in [3.05, 3.63) is 63.4 Å². The molecule has 146 valence electrons. The van der Waals surface area contributed by atoms with Gasteiger partial charge in [-0.15, -0.1) is 0 Å². The fraction of sp³-hybridized carbons (Fsp3) is 0.261. The zero-order chi connectivity index (χ0) is 20.6. The number of rotatable bonds is 4. The number of hydrogen-bond donors (Lipinski definition) is 1. The molecule has 1 amide bonds. The van der Waals surface area contributed by atoms with Crippen LogP contribution in [0.25, 0.3) is 16.5 Å². The monoisotopic (exact) mass is 397 g/mol. The molecule has 3 aromatic rings. The highest BCUT2D eigenvalue weighted by atomic mass is 35.5. The second-order valence-corrected chi connectivity index (χ2v) is 7.43. The number of carbonyl (C=O) groups excluding carboxylic acids is 1. The fourth-order valence-corrected chi connectivity index (χ4v) is 3.47. The minimum Gasteiger partial charge on any atom is -0.496 e. The van der Waals surface area contributed by atoms with Crippen LogP contribution in [-0.2, 0) is 4.79 Å². The smallest absolute Gasteiger partial charge is 0.248 e. The van der Waals surface area contributed by atoms with Gasteiger partial charge in [0.25, 0.3) is 0 Å². The summed E-state index contributed by atoms with van der Waals surface area (Å²) in [5.41, 5.74) is 6.12.